The summed E-state index contributed by atoms with van der Waals surface area (Å²) >= 11 is 0. The molecule has 0 spiro atoms. The zero-order chi connectivity index (χ0) is 14.5. The van der Waals surface area contributed by atoms with Gasteiger partial charge in [-0.15, -0.1) is 5.10 Å². The molecule has 0 saturated carbocycles. The molecule has 4 heteroatoms. The zero-order valence-electron chi connectivity index (χ0n) is 13.3. The molecule has 2 atom stereocenters. The van der Waals surface area contributed by atoms with Crippen molar-refractivity contribution >= 4 is 5.82 Å². The van der Waals surface area contributed by atoms with Gasteiger partial charge in [0.2, 0.25) is 0 Å². The van der Waals surface area contributed by atoms with Crippen molar-refractivity contribution < 1.29 is 0 Å². The Kier molecular flexibility index (Phi) is 5.35. The van der Waals surface area contributed by atoms with Gasteiger partial charge in [-0.1, -0.05) is 20.8 Å². The zero-order valence-corrected chi connectivity index (χ0v) is 13.3. The second kappa shape index (κ2) is 7.02. The highest BCUT2D eigenvalue weighted by Crippen LogP contribution is 2.30. The Morgan fingerprint density at radius 3 is 2.70 bits per heavy atom. The van der Waals surface area contributed by atoms with E-state index in [1.807, 2.05) is 0 Å². The van der Waals surface area contributed by atoms with Gasteiger partial charge in [-0.3, -0.25) is 0 Å². The highest BCUT2D eigenvalue weighted by molar-refractivity contribution is 5.41. The molecule has 4 nitrogen and oxygen atoms in total. The molecule has 0 amide bonds. The summed E-state index contributed by atoms with van der Waals surface area (Å²) in [7, 11) is 0. The van der Waals surface area contributed by atoms with Gasteiger partial charge < -0.3 is 10.2 Å². The Hall–Kier alpha value is -1.16. The Balaban J connectivity index is 1.97. The van der Waals surface area contributed by atoms with E-state index in [9.17, 15) is 0 Å². The lowest BCUT2D eigenvalue weighted by Crippen LogP contribution is -2.35. The Morgan fingerprint density at radius 2 is 2.10 bits per heavy atom. The minimum Gasteiger partial charge on any atom is -0.349 e. The number of anilines is 1. The Labute approximate surface area is 123 Å². The first-order valence-corrected chi connectivity index (χ1v) is 7.93. The molecule has 1 N–H and O–H groups in total. The number of hydrogen-bond donors (Lipinski definition) is 1. The third-order valence-electron chi connectivity index (χ3n) is 4.09. The van der Waals surface area contributed by atoms with Crippen LogP contribution < -0.4 is 10.2 Å². The standard InChI is InChI=1S/C16H28N4/c1-5-15-8-6-13(4)20(15)16-9-7-14(18-19-16)11-17-10-12(2)3/h7,9,12-13,15,17H,5-6,8,10-11H2,1-4H3. The summed E-state index contributed by atoms with van der Waals surface area (Å²) in [5, 5.41) is 12.2. The van der Waals surface area contributed by atoms with Crippen LogP contribution in [0.5, 0.6) is 0 Å². The van der Waals surface area contributed by atoms with Crippen LogP contribution in [0.2, 0.25) is 0 Å². The van der Waals surface area contributed by atoms with Gasteiger partial charge >= 0.3 is 0 Å². The van der Waals surface area contributed by atoms with Gasteiger partial charge in [-0.25, -0.2) is 0 Å². The molecule has 1 aliphatic heterocycles. The highest BCUT2D eigenvalue weighted by Gasteiger charge is 2.30. The smallest absolute Gasteiger partial charge is 0.151 e. The Bertz CT molecular complexity index is 401. The second-order valence-corrected chi connectivity index (χ2v) is 6.30. The normalized spacial score (nSPS) is 22.8. The average Bonchev–Trinajstić information content (AvgIpc) is 2.80. The van der Waals surface area contributed by atoms with Crippen LogP contribution in [0.1, 0.15) is 52.7 Å². The van der Waals surface area contributed by atoms with Crippen molar-refractivity contribution in [3.63, 3.8) is 0 Å². The minimum absolute atomic E-state index is 0.583. The van der Waals surface area contributed by atoms with Crippen LogP contribution in [0.4, 0.5) is 5.82 Å². The first-order chi connectivity index (χ1) is 9.61. The maximum absolute atomic E-state index is 4.44. The molecule has 2 rings (SSSR count). The van der Waals surface area contributed by atoms with E-state index in [4.69, 9.17) is 0 Å². The maximum Gasteiger partial charge on any atom is 0.151 e. The lowest BCUT2D eigenvalue weighted by Gasteiger charge is -2.28. The third-order valence-corrected chi connectivity index (χ3v) is 4.09. The van der Waals surface area contributed by atoms with Crippen molar-refractivity contribution in [3.8, 4) is 0 Å². The van der Waals surface area contributed by atoms with Crippen LogP contribution >= 0.6 is 0 Å². The molecule has 0 aromatic carbocycles. The molecule has 1 aromatic rings. The summed E-state index contributed by atoms with van der Waals surface area (Å²) in [5.74, 6) is 1.70. The molecule has 20 heavy (non-hydrogen) atoms. The summed E-state index contributed by atoms with van der Waals surface area (Å²) in [5.41, 5.74) is 1.02. The fourth-order valence-corrected chi connectivity index (χ4v) is 2.96. The van der Waals surface area contributed by atoms with Gasteiger partial charge in [0.05, 0.1) is 5.69 Å². The van der Waals surface area contributed by atoms with Crippen molar-refractivity contribution in [1.82, 2.24) is 15.5 Å². The Morgan fingerprint density at radius 1 is 1.30 bits per heavy atom. The van der Waals surface area contributed by atoms with Crippen LogP contribution in [0.3, 0.4) is 0 Å². The predicted octanol–water partition coefficient (Wildman–Crippen LogP) is 2.99. The molecule has 1 aliphatic rings. The van der Waals surface area contributed by atoms with E-state index < -0.39 is 0 Å². The lowest BCUT2D eigenvalue weighted by atomic mass is 10.1. The van der Waals surface area contributed by atoms with Gasteiger partial charge in [-0.05, 0) is 50.8 Å². The van der Waals surface area contributed by atoms with Crippen LogP contribution in [-0.2, 0) is 6.54 Å². The van der Waals surface area contributed by atoms with E-state index in [1.165, 1.54) is 19.3 Å². The molecule has 1 fully saturated rings. The number of aromatic nitrogens is 2. The van der Waals surface area contributed by atoms with Crippen LogP contribution in [0.25, 0.3) is 0 Å². The van der Waals surface area contributed by atoms with Crippen LogP contribution in [-0.4, -0.2) is 28.8 Å². The fourth-order valence-electron chi connectivity index (χ4n) is 2.96. The summed E-state index contributed by atoms with van der Waals surface area (Å²) in [6.45, 7) is 10.8. The quantitative estimate of drug-likeness (QED) is 0.867. The fraction of sp³-hybridized carbons (Fsp3) is 0.750. The summed E-state index contributed by atoms with van der Waals surface area (Å²) in [4.78, 5) is 2.44. The van der Waals surface area contributed by atoms with Crippen molar-refractivity contribution in [1.29, 1.82) is 0 Å². The van der Waals surface area contributed by atoms with Gasteiger partial charge in [0.1, 0.15) is 0 Å². The maximum atomic E-state index is 4.44. The molecule has 2 heterocycles. The van der Waals surface area contributed by atoms with Crippen LogP contribution in [0, 0.1) is 5.92 Å². The van der Waals surface area contributed by atoms with E-state index >= 15 is 0 Å². The number of nitrogens with zero attached hydrogens (tertiary/aromatic N) is 3. The molecule has 0 radical (unpaired) electrons. The number of rotatable bonds is 6. The average molecular weight is 276 g/mol. The van der Waals surface area contributed by atoms with E-state index in [2.05, 4.69) is 60.2 Å². The molecule has 1 aromatic heterocycles. The summed E-state index contributed by atoms with van der Waals surface area (Å²) in [6, 6.07) is 5.44. The molecule has 112 valence electrons. The van der Waals surface area contributed by atoms with Crippen LogP contribution in [0.15, 0.2) is 12.1 Å². The third kappa shape index (κ3) is 3.69. The summed E-state index contributed by atoms with van der Waals surface area (Å²) < 4.78 is 0. The van der Waals surface area contributed by atoms with E-state index in [0.29, 0.717) is 18.0 Å². The largest absolute Gasteiger partial charge is 0.349 e. The van der Waals surface area contributed by atoms with Gasteiger partial charge in [-0.2, -0.15) is 5.10 Å². The number of hydrogen-bond acceptors (Lipinski definition) is 4. The molecular formula is C16H28N4. The summed E-state index contributed by atoms with van der Waals surface area (Å²) in [6.07, 6.45) is 3.72. The number of nitrogens with one attached hydrogen (secondary N) is 1. The predicted molar refractivity (Wildman–Crippen MR) is 83.8 cm³/mol. The highest BCUT2D eigenvalue weighted by atomic mass is 15.3. The molecular weight excluding hydrogens is 248 g/mol. The van der Waals surface area contributed by atoms with Crippen molar-refractivity contribution in [3.05, 3.63) is 17.8 Å². The van der Waals surface area contributed by atoms with Gasteiger partial charge in [0.25, 0.3) is 0 Å². The first kappa shape index (κ1) is 15.2. The van der Waals surface area contributed by atoms with Crippen molar-refractivity contribution in [2.24, 2.45) is 5.92 Å². The SMILES string of the molecule is CCC1CCC(C)N1c1ccc(CNCC(C)C)nn1. The first-order valence-electron chi connectivity index (χ1n) is 7.93. The molecule has 0 aliphatic carbocycles. The second-order valence-electron chi connectivity index (χ2n) is 6.30. The molecule has 2 unspecified atom stereocenters. The van der Waals surface area contributed by atoms with Gasteiger partial charge in [0, 0.05) is 18.6 Å². The molecule has 0 bridgehead atoms. The minimum atomic E-state index is 0.583. The lowest BCUT2D eigenvalue weighted by molar-refractivity contribution is 0.545. The topological polar surface area (TPSA) is 41.0 Å². The van der Waals surface area contributed by atoms with E-state index in [-0.39, 0.29) is 0 Å². The van der Waals surface area contributed by atoms with Crippen molar-refractivity contribution in [2.75, 3.05) is 11.4 Å². The van der Waals surface area contributed by atoms with E-state index in [0.717, 1.165) is 24.6 Å². The van der Waals surface area contributed by atoms with Gasteiger partial charge in [0.15, 0.2) is 5.82 Å². The monoisotopic (exact) mass is 276 g/mol. The van der Waals surface area contributed by atoms with Crippen molar-refractivity contribution in [2.45, 2.75) is 65.6 Å². The van der Waals surface area contributed by atoms with E-state index in [1.54, 1.807) is 0 Å². The molecule has 1 saturated heterocycles.